The number of rotatable bonds is 2. The van der Waals surface area contributed by atoms with Crippen LogP contribution in [0.25, 0.3) is 0 Å². The molecule has 3 aliphatic rings. The van der Waals surface area contributed by atoms with Gasteiger partial charge in [0.2, 0.25) is 17.7 Å². The lowest BCUT2D eigenvalue weighted by Gasteiger charge is -2.29. The number of imide groups is 1. The number of halogens is 1. The summed E-state index contributed by atoms with van der Waals surface area (Å²) in [5.74, 6) is -2.78. The third kappa shape index (κ3) is 2.08. The van der Waals surface area contributed by atoms with Gasteiger partial charge in [-0.3, -0.25) is 24.6 Å². The summed E-state index contributed by atoms with van der Waals surface area (Å²) in [7, 11) is 0. The normalized spacial score (nSPS) is 30.7. The number of carbonyl (C=O) groups is 3. The van der Waals surface area contributed by atoms with E-state index in [4.69, 9.17) is 0 Å². The summed E-state index contributed by atoms with van der Waals surface area (Å²) in [5, 5.41) is 6.10. The number of amides is 3. The van der Waals surface area contributed by atoms with Gasteiger partial charge in [-0.2, -0.15) is 0 Å². The maximum absolute atomic E-state index is 13.3. The van der Waals surface area contributed by atoms with Gasteiger partial charge in [0.15, 0.2) is 0 Å². The lowest BCUT2D eigenvalue weighted by Crippen LogP contribution is -2.52. The Bertz CT molecular complexity index is 1020. The van der Waals surface area contributed by atoms with Crippen molar-refractivity contribution in [2.45, 2.75) is 25.0 Å². The summed E-state index contributed by atoms with van der Waals surface area (Å²) in [6.45, 7) is 1.89. The zero-order chi connectivity index (χ0) is 19.6. The summed E-state index contributed by atoms with van der Waals surface area (Å²) >= 11 is 0. The van der Waals surface area contributed by atoms with E-state index in [1.54, 1.807) is 18.2 Å². The molecule has 6 nitrogen and oxygen atoms in total. The number of carbonyl (C=O) groups excluding carboxylic acids is 3. The standard InChI is InChI=1S/C21H18FN3O3/c1-11-16-17(21(24-11)14-4-2-3-5-15(14)23-20(21)28)19(27)25(18(16)26)10-12-6-8-13(22)9-7-12/h2-9,11,16-17,24H,10H2,1H3,(H,23,28)/t11?,16-,17+,21?/m1/s1. The van der Waals surface area contributed by atoms with Crippen LogP contribution in [0.1, 0.15) is 18.1 Å². The number of anilines is 1. The van der Waals surface area contributed by atoms with Crippen molar-refractivity contribution < 1.29 is 18.8 Å². The van der Waals surface area contributed by atoms with Crippen molar-refractivity contribution in [2.24, 2.45) is 11.8 Å². The third-order valence-electron chi connectivity index (χ3n) is 6.12. The van der Waals surface area contributed by atoms with Crippen LogP contribution >= 0.6 is 0 Å². The van der Waals surface area contributed by atoms with Crippen molar-refractivity contribution in [3.63, 3.8) is 0 Å². The van der Waals surface area contributed by atoms with Gasteiger partial charge < -0.3 is 5.32 Å². The van der Waals surface area contributed by atoms with E-state index in [9.17, 15) is 18.8 Å². The largest absolute Gasteiger partial charge is 0.324 e. The van der Waals surface area contributed by atoms with Crippen molar-refractivity contribution in [1.29, 1.82) is 0 Å². The minimum atomic E-state index is -1.25. The molecule has 3 aliphatic heterocycles. The van der Waals surface area contributed by atoms with Crippen LogP contribution in [0.3, 0.4) is 0 Å². The van der Waals surface area contributed by atoms with E-state index in [1.165, 1.54) is 17.0 Å². The second-order valence-electron chi connectivity index (χ2n) is 7.63. The SMILES string of the molecule is CC1NC2(C(=O)Nc3ccccc32)[C@@H]2C(=O)N(Cc3ccc(F)cc3)C(=O)[C@H]12. The fourth-order valence-electron chi connectivity index (χ4n) is 4.91. The molecule has 2 N–H and O–H groups in total. The van der Waals surface area contributed by atoms with E-state index in [1.807, 2.05) is 25.1 Å². The number of nitrogens with zero attached hydrogens (tertiary/aromatic N) is 1. The highest BCUT2D eigenvalue weighted by Crippen LogP contribution is 2.52. The molecular formula is C21H18FN3O3. The van der Waals surface area contributed by atoms with E-state index in [-0.39, 0.29) is 36.1 Å². The summed E-state index contributed by atoms with van der Waals surface area (Å²) in [4.78, 5) is 40.6. The molecule has 28 heavy (non-hydrogen) atoms. The van der Waals surface area contributed by atoms with E-state index in [0.717, 1.165) is 0 Å². The monoisotopic (exact) mass is 379 g/mol. The second kappa shape index (κ2) is 5.72. The molecule has 0 bridgehead atoms. The number of fused-ring (bicyclic) bond motifs is 4. The Morgan fingerprint density at radius 1 is 1.04 bits per heavy atom. The Labute approximate surface area is 160 Å². The quantitative estimate of drug-likeness (QED) is 0.780. The van der Waals surface area contributed by atoms with Crippen LogP contribution in [0.4, 0.5) is 10.1 Å². The van der Waals surface area contributed by atoms with Gasteiger partial charge in [0.25, 0.3) is 0 Å². The molecule has 1 spiro atoms. The van der Waals surface area contributed by atoms with E-state index >= 15 is 0 Å². The van der Waals surface area contributed by atoms with Crippen molar-refractivity contribution in [1.82, 2.24) is 10.2 Å². The van der Waals surface area contributed by atoms with Gasteiger partial charge in [0.1, 0.15) is 11.4 Å². The highest BCUT2D eigenvalue weighted by molar-refractivity contribution is 6.15. The van der Waals surface area contributed by atoms with Gasteiger partial charge in [-0.1, -0.05) is 30.3 Å². The van der Waals surface area contributed by atoms with Crippen molar-refractivity contribution >= 4 is 23.4 Å². The van der Waals surface area contributed by atoms with Gasteiger partial charge in [-0.15, -0.1) is 0 Å². The Balaban J connectivity index is 1.56. The first-order chi connectivity index (χ1) is 13.4. The maximum atomic E-state index is 13.3. The Morgan fingerprint density at radius 2 is 1.75 bits per heavy atom. The summed E-state index contributed by atoms with van der Waals surface area (Å²) in [5.41, 5.74) is 0.772. The molecular weight excluding hydrogens is 361 g/mol. The molecule has 142 valence electrons. The van der Waals surface area contributed by atoms with Crippen LogP contribution < -0.4 is 10.6 Å². The van der Waals surface area contributed by atoms with E-state index < -0.39 is 17.4 Å². The van der Waals surface area contributed by atoms with Gasteiger partial charge >= 0.3 is 0 Å². The average molecular weight is 379 g/mol. The van der Waals surface area contributed by atoms with E-state index in [0.29, 0.717) is 16.8 Å². The summed E-state index contributed by atoms with van der Waals surface area (Å²) in [6, 6.07) is 12.6. The second-order valence-corrected chi connectivity index (χ2v) is 7.63. The molecule has 3 amide bonds. The first-order valence-corrected chi connectivity index (χ1v) is 9.22. The van der Waals surface area contributed by atoms with Crippen LogP contribution in [0.2, 0.25) is 0 Å². The number of benzene rings is 2. The Hall–Kier alpha value is -3.06. The summed E-state index contributed by atoms with van der Waals surface area (Å²) < 4.78 is 13.2. The molecule has 2 unspecified atom stereocenters. The molecule has 7 heteroatoms. The fourth-order valence-corrected chi connectivity index (χ4v) is 4.91. The lowest BCUT2D eigenvalue weighted by atomic mass is 9.76. The number of hydrogen-bond donors (Lipinski definition) is 2. The smallest absolute Gasteiger partial charge is 0.250 e. The number of para-hydroxylation sites is 1. The van der Waals surface area contributed by atoms with Crippen LogP contribution in [0.5, 0.6) is 0 Å². The van der Waals surface area contributed by atoms with Crippen molar-refractivity contribution in [2.75, 3.05) is 5.32 Å². The number of nitrogens with one attached hydrogen (secondary N) is 2. The predicted molar refractivity (Wildman–Crippen MR) is 98.3 cm³/mol. The average Bonchev–Trinajstić information content (AvgIpc) is 3.23. The molecule has 0 aliphatic carbocycles. The molecule has 2 aromatic rings. The first-order valence-electron chi connectivity index (χ1n) is 9.22. The van der Waals surface area contributed by atoms with Crippen LogP contribution in [-0.4, -0.2) is 28.7 Å². The zero-order valence-electron chi connectivity index (χ0n) is 15.1. The molecule has 2 aromatic carbocycles. The molecule has 3 heterocycles. The fraction of sp³-hybridized carbons (Fsp3) is 0.286. The Kier molecular flexibility index (Phi) is 3.49. The molecule has 2 saturated heterocycles. The van der Waals surface area contributed by atoms with Crippen LogP contribution in [-0.2, 0) is 26.5 Å². The van der Waals surface area contributed by atoms with Gasteiger partial charge in [-0.25, -0.2) is 4.39 Å². The van der Waals surface area contributed by atoms with Crippen molar-refractivity contribution in [3.8, 4) is 0 Å². The lowest BCUT2D eigenvalue weighted by molar-refractivity contribution is -0.143. The summed E-state index contributed by atoms with van der Waals surface area (Å²) in [6.07, 6.45) is 0. The number of likely N-dealkylation sites (tertiary alicyclic amines) is 1. The minimum absolute atomic E-state index is 0.0665. The van der Waals surface area contributed by atoms with Gasteiger partial charge in [0, 0.05) is 17.3 Å². The molecule has 5 rings (SSSR count). The van der Waals surface area contributed by atoms with Crippen LogP contribution in [0.15, 0.2) is 48.5 Å². The van der Waals surface area contributed by atoms with Gasteiger partial charge in [0.05, 0.1) is 18.4 Å². The zero-order valence-corrected chi connectivity index (χ0v) is 15.1. The molecule has 0 saturated carbocycles. The first kappa shape index (κ1) is 17.1. The topological polar surface area (TPSA) is 78.5 Å². The third-order valence-corrected chi connectivity index (χ3v) is 6.12. The highest BCUT2D eigenvalue weighted by atomic mass is 19.1. The molecule has 0 radical (unpaired) electrons. The molecule has 2 fully saturated rings. The predicted octanol–water partition coefficient (Wildman–Crippen LogP) is 1.77. The molecule has 4 atom stereocenters. The van der Waals surface area contributed by atoms with Gasteiger partial charge in [-0.05, 0) is 30.7 Å². The highest BCUT2D eigenvalue weighted by Gasteiger charge is 2.69. The molecule has 0 aromatic heterocycles. The minimum Gasteiger partial charge on any atom is -0.324 e. The number of hydrogen-bond acceptors (Lipinski definition) is 4. The Morgan fingerprint density at radius 3 is 2.50 bits per heavy atom. The van der Waals surface area contributed by atoms with Crippen LogP contribution in [0, 0.1) is 17.7 Å². The van der Waals surface area contributed by atoms with E-state index in [2.05, 4.69) is 10.6 Å². The maximum Gasteiger partial charge on any atom is 0.250 e. The van der Waals surface area contributed by atoms with Crippen molar-refractivity contribution in [3.05, 3.63) is 65.5 Å².